The number of likely N-dealkylation sites (N-methyl/N-ethyl adjacent to an activating group) is 1. The van der Waals surface area contributed by atoms with Crippen LogP contribution in [0.4, 0.5) is 8.78 Å². The molecular formula is C15H13BrClF2N. The first-order valence-electron chi connectivity index (χ1n) is 6.08. The van der Waals surface area contributed by atoms with E-state index in [9.17, 15) is 8.78 Å². The van der Waals surface area contributed by atoms with Crippen LogP contribution in [0.2, 0.25) is 5.02 Å². The third-order valence-corrected chi connectivity index (χ3v) is 4.33. The molecule has 0 aliphatic carbocycles. The molecule has 0 heterocycles. The number of halogens is 4. The molecular weight excluding hydrogens is 348 g/mol. The largest absolute Gasteiger partial charge is 0.313 e. The minimum atomic E-state index is -0.447. The smallest absolute Gasteiger partial charge is 0.141 e. The fourth-order valence-electron chi connectivity index (χ4n) is 2.04. The van der Waals surface area contributed by atoms with Crippen molar-refractivity contribution in [1.29, 1.82) is 0 Å². The van der Waals surface area contributed by atoms with Crippen molar-refractivity contribution >= 4 is 27.5 Å². The van der Waals surface area contributed by atoms with Gasteiger partial charge in [-0.2, -0.15) is 0 Å². The second-order valence-corrected chi connectivity index (χ2v) is 5.63. The molecule has 0 fully saturated rings. The monoisotopic (exact) mass is 359 g/mol. The van der Waals surface area contributed by atoms with Gasteiger partial charge in [0, 0.05) is 6.04 Å². The van der Waals surface area contributed by atoms with Crippen LogP contribution in [0, 0.1) is 11.6 Å². The highest BCUT2D eigenvalue weighted by Crippen LogP contribution is 2.27. The Morgan fingerprint density at radius 3 is 2.60 bits per heavy atom. The molecule has 1 atom stereocenters. The fraction of sp³-hybridized carbons (Fsp3) is 0.200. The lowest BCUT2D eigenvalue weighted by Gasteiger charge is -2.18. The second-order valence-electron chi connectivity index (χ2n) is 4.43. The molecule has 2 rings (SSSR count). The van der Waals surface area contributed by atoms with Crippen LogP contribution >= 0.6 is 27.5 Å². The average molecular weight is 361 g/mol. The molecule has 2 aromatic carbocycles. The maximum atomic E-state index is 13.5. The van der Waals surface area contributed by atoms with E-state index >= 15 is 0 Å². The summed E-state index contributed by atoms with van der Waals surface area (Å²) in [5, 5.41) is 3.22. The summed E-state index contributed by atoms with van der Waals surface area (Å²) in [7, 11) is 1.80. The maximum Gasteiger partial charge on any atom is 0.141 e. The number of nitrogens with one attached hydrogen (secondary N) is 1. The van der Waals surface area contributed by atoms with E-state index in [1.54, 1.807) is 25.2 Å². The Morgan fingerprint density at radius 1 is 1.20 bits per heavy atom. The van der Waals surface area contributed by atoms with E-state index in [0.717, 1.165) is 11.1 Å². The number of benzene rings is 2. The Hall–Kier alpha value is -0.970. The lowest BCUT2D eigenvalue weighted by Crippen LogP contribution is -2.19. The quantitative estimate of drug-likeness (QED) is 0.819. The molecule has 0 saturated carbocycles. The van der Waals surface area contributed by atoms with Gasteiger partial charge < -0.3 is 5.32 Å². The molecule has 0 radical (unpaired) electrons. The number of hydrogen-bond acceptors (Lipinski definition) is 1. The van der Waals surface area contributed by atoms with Gasteiger partial charge in [-0.25, -0.2) is 8.78 Å². The zero-order valence-electron chi connectivity index (χ0n) is 10.8. The molecule has 0 spiro atoms. The van der Waals surface area contributed by atoms with Crippen molar-refractivity contribution in [3.05, 3.63) is 68.7 Å². The summed E-state index contributed by atoms with van der Waals surface area (Å²) in [6.07, 6.45) is 0.566. The first kappa shape index (κ1) is 15.4. The standard InChI is InChI=1S/C15H13BrClF2N/c1-20-14(9-5-6-12(18)11(17)7-9)8-10-3-2-4-13(19)15(10)16/h2-7,14,20H,8H2,1H3. The lowest BCUT2D eigenvalue weighted by atomic mass is 9.99. The highest BCUT2D eigenvalue weighted by Gasteiger charge is 2.15. The minimum absolute atomic E-state index is 0.0776. The number of rotatable bonds is 4. The predicted molar refractivity (Wildman–Crippen MR) is 81.0 cm³/mol. The molecule has 0 saturated heterocycles. The van der Waals surface area contributed by atoms with Gasteiger partial charge in [-0.05, 0) is 58.7 Å². The zero-order valence-corrected chi connectivity index (χ0v) is 13.1. The normalized spacial score (nSPS) is 12.4. The van der Waals surface area contributed by atoms with Crippen molar-refractivity contribution in [3.8, 4) is 0 Å². The molecule has 1 nitrogen and oxygen atoms in total. The summed E-state index contributed by atoms with van der Waals surface area (Å²) < 4.78 is 27.2. The predicted octanol–water partition coefficient (Wildman–Crippen LogP) is 4.88. The van der Waals surface area contributed by atoms with E-state index in [1.165, 1.54) is 12.1 Å². The molecule has 1 N–H and O–H groups in total. The summed E-state index contributed by atoms with van der Waals surface area (Å²) in [6.45, 7) is 0. The van der Waals surface area contributed by atoms with E-state index < -0.39 is 5.82 Å². The van der Waals surface area contributed by atoms with Crippen LogP contribution in [0.25, 0.3) is 0 Å². The Kier molecular flexibility index (Phi) is 5.13. The van der Waals surface area contributed by atoms with E-state index in [0.29, 0.717) is 10.9 Å². The number of hydrogen-bond donors (Lipinski definition) is 1. The lowest BCUT2D eigenvalue weighted by molar-refractivity contribution is 0.576. The van der Waals surface area contributed by atoms with Gasteiger partial charge in [-0.1, -0.05) is 29.8 Å². The van der Waals surface area contributed by atoms with Gasteiger partial charge in [0.05, 0.1) is 9.50 Å². The molecule has 5 heteroatoms. The SMILES string of the molecule is CNC(Cc1cccc(F)c1Br)c1ccc(F)c(Cl)c1. The van der Waals surface area contributed by atoms with Gasteiger partial charge in [-0.3, -0.25) is 0 Å². The van der Waals surface area contributed by atoms with E-state index in [1.807, 2.05) is 6.07 Å². The molecule has 0 aliphatic rings. The van der Waals surface area contributed by atoms with Gasteiger partial charge in [-0.15, -0.1) is 0 Å². The third kappa shape index (κ3) is 3.37. The van der Waals surface area contributed by atoms with Crippen molar-refractivity contribution < 1.29 is 8.78 Å². The van der Waals surface area contributed by atoms with Gasteiger partial charge in [0.25, 0.3) is 0 Å². The summed E-state index contributed by atoms with van der Waals surface area (Å²) in [4.78, 5) is 0. The highest BCUT2D eigenvalue weighted by molar-refractivity contribution is 9.10. The van der Waals surface area contributed by atoms with Crippen LogP contribution in [0.1, 0.15) is 17.2 Å². The van der Waals surface area contributed by atoms with Crippen LogP contribution in [0.15, 0.2) is 40.9 Å². The first-order chi connectivity index (χ1) is 9.52. The van der Waals surface area contributed by atoms with Crippen LogP contribution in [0.3, 0.4) is 0 Å². The van der Waals surface area contributed by atoms with E-state index in [4.69, 9.17) is 11.6 Å². The van der Waals surface area contributed by atoms with Gasteiger partial charge in [0.1, 0.15) is 11.6 Å². The van der Waals surface area contributed by atoms with Crippen molar-refractivity contribution in [1.82, 2.24) is 5.32 Å². The summed E-state index contributed by atoms with van der Waals surface area (Å²) in [6, 6.07) is 9.44. The Labute approximate surface area is 130 Å². The Balaban J connectivity index is 2.28. The Bertz CT molecular complexity index is 619. The molecule has 106 valence electrons. The van der Waals surface area contributed by atoms with Crippen molar-refractivity contribution in [2.45, 2.75) is 12.5 Å². The molecule has 0 bridgehead atoms. The third-order valence-electron chi connectivity index (χ3n) is 3.15. The van der Waals surface area contributed by atoms with Crippen molar-refractivity contribution in [2.75, 3.05) is 7.05 Å². The van der Waals surface area contributed by atoms with Crippen LogP contribution in [-0.2, 0) is 6.42 Å². The fourth-order valence-corrected chi connectivity index (χ4v) is 2.66. The van der Waals surface area contributed by atoms with Crippen LogP contribution in [0.5, 0.6) is 0 Å². The topological polar surface area (TPSA) is 12.0 Å². The van der Waals surface area contributed by atoms with E-state index in [-0.39, 0.29) is 16.9 Å². The summed E-state index contributed by atoms with van der Waals surface area (Å²) in [5.41, 5.74) is 1.69. The molecule has 1 unspecified atom stereocenters. The molecule has 0 aromatic heterocycles. The van der Waals surface area contributed by atoms with Gasteiger partial charge in [0.15, 0.2) is 0 Å². The van der Waals surface area contributed by atoms with Crippen molar-refractivity contribution in [3.63, 3.8) is 0 Å². The van der Waals surface area contributed by atoms with Gasteiger partial charge >= 0.3 is 0 Å². The molecule has 2 aromatic rings. The highest BCUT2D eigenvalue weighted by atomic mass is 79.9. The Morgan fingerprint density at radius 2 is 1.95 bits per heavy atom. The van der Waals surface area contributed by atoms with E-state index in [2.05, 4.69) is 21.2 Å². The van der Waals surface area contributed by atoms with Crippen LogP contribution in [-0.4, -0.2) is 7.05 Å². The first-order valence-corrected chi connectivity index (χ1v) is 7.25. The van der Waals surface area contributed by atoms with Crippen LogP contribution < -0.4 is 5.32 Å². The molecule has 0 amide bonds. The van der Waals surface area contributed by atoms with Gasteiger partial charge in [0.2, 0.25) is 0 Å². The second kappa shape index (κ2) is 6.66. The van der Waals surface area contributed by atoms with Crippen molar-refractivity contribution in [2.24, 2.45) is 0 Å². The zero-order chi connectivity index (χ0) is 14.7. The molecule has 20 heavy (non-hydrogen) atoms. The summed E-state index contributed by atoms with van der Waals surface area (Å²) in [5.74, 6) is -0.744. The molecule has 0 aliphatic heterocycles. The average Bonchev–Trinajstić information content (AvgIpc) is 2.44. The minimum Gasteiger partial charge on any atom is -0.313 e. The maximum absolute atomic E-state index is 13.5. The summed E-state index contributed by atoms with van der Waals surface area (Å²) >= 11 is 9.05.